The molecule has 1 amide bonds. The quantitative estimate of drug-likeness (QED) is 0.857. The van der Waals surface area contributed by atoms with Crippen LogP contribution in [-0.2, 0) is 7.05 Å². The molecule has 7 heteroatoms. The van der Waals surface area contributed by atoms with E-state index in [9.17, 15) is 4.79 Å². The Labute approximate surface area is 140 Å². The first-order valence-electron chi connectivity index (χ1n) is 8.26. The van der Waals surface area contributed by atoms with Crippen molar-refractivity contribution in [1.29, 1.82) is 0 Å². The van der Waals surface area contributed by atoms with E-state index in [4.69, 9.17) is 4.74 Å². The molecule has 1 saturated heterocycles. The van der Waals surface area contributed by atoms with Gasteiger partial charge in [-0.15, -0.1) is 10.2 Å². The van der Waals surface area contributed by atoms with Crippen molar-refractivity contribution in [1.82, 2.24) is 24.6 Å². The van der Waals surface area contributed by atoms with E-state index in [1.165, 1.54) is 6.42 Å². The van der Waals surface area contributed by atoms with Crippen molar-refractivity contribution in [3.8, 4) is 5.88 Å². The summed E-state index contributed by atoms with van der Waals surface area (Å²) in [6.07, 6.45) is 6.84. The molecule has 2 aromatic rings. The van der Waals surface area contributed by atoms with E-state index in [0.29, 0.717) is 18.0 Å². The van der Waals surface area contributed by atoms with E-state index < -0.39 is 0 Å². The monoisotopic (exact) mass is 327 g/mol. The molecule has 2 aromatic heterocycles. The van der Waals surface area contributed by atoms with Crippen LogP contribution in [-0.4, -0.2) is 50.8 Å². The van der Waals surface area contributed by atoms with Gasteiger partial charge in [0.2, 0.25) is 5.88 Å². The maximum Gasteiger partial charge on any atom is 0.255 e. The van der Waals surface area contributed by atoms with Gasteiger partial charge in [-0.25, -0.2) is 4.98 Å². The summed E-state index contributed by atoms with van der Waals surface area (Å²) >= 11 is 0. The summed E-state index contributed by atoms with van der Waals surface area (Å²) < 4.78 is 7.04. The van der Waals surface area contributed by atoms with Crippen LogP contribution in [0.3, 0.4) is 0 Å². The normalized spacial score (nSPS) is 21.8. The number of rotatable bonds is 3. The standard InChI is InChI=1S/C17H21N5O2/c1-21-11-19-20-15(21)13-9-22(10-17(13)6-3-7-17)16(23)12-4-5-14(24-2)18-8-12/h4-5,8,11,13H,3,6-7,9-10H2,1-2H3. The Morgan fingerprint density at radius 3 is 2.75 bits per heavy atom. The molecule has 1 saturated carbocycles. The number of hydrogen-bond donors (Lipinski definition) is 0. The van der Waals surface area contributed by atoms with Gasteiger partial charge in [-0.05, 0) is 24.3 Å². The van der Waals surface area contributed by atoms with Crippen LogP contribution in [0.2, 0.25) is 0 Å². The topological polar surface area (TPSA) is 73.1 Å². The number of pyridine rings is 1. The molecule has 3 heterocycles. The third-order valence-electron chi connectivity index (χ3n) is 5.53. The summed E-state index contributed by atoms with van der Waals surface area (Å²) in [5.41, 5.74) is 0.764. The molecule has 1 aliphatic heterocycles. The van der Waals surface area contributed by atoms with Crippen molar-refractivity contribution in [3.63, 3.8) is 0 Å². The van der Waals surface area contributed by atoms with Crippen molar-refractivity contribution in [2.24, 2.45) is 12.5 Å². The molecule has 24 heavy (non-hydrogen) atoms. The highest BCUT2D eigenvalue weighted by Crippen LogP contribution is 2.55. The Hall–Kier alpha value is -2.44. The first-order valence-corrected chi connectivity index (χ1v) is 8.26. The van der Waals surface area contributed by atoms with Gasteiger partial charge in [-0.3, -0.25) is 4.79 Å². The van der Waals surface area contributed by atoms with Crippen molar-refractivity contribution in [2.45, 2.75) is 25.2 Å². The lowest BCUT2D eigenvalue weighted by atomic mass is 9.62. The number of aromatic nitrogens is 4. The molecule has 1 spiro atoms. The second-order valence-electron chi connectivity index (χ2n) is 6.84. The number of methoxy groups -OCH3 is 1. The van der Waals surface area contributed by atoms with E-state index in [1.54, 1.807) is 31.8 Å². The molecule has 0 aromatic carbocycles. The summed E-state index contributed by atoms with van der Waals surface area (Å²) in [5.74, 6) is 1.79. The molecule has 0 N–H and O–H groups in total. The molecular formula is C17H21N5O2. The fourth-order valence-electron chi connectivity index (χ4n) is 4.03. The molecule has 0 radical (unpaired) electrons. The smallest absolute Gasteiger partial charge is 0.255 e. The van der Waals surface area contributed by atoms with Gasteiger partial charge in [-0.2, -0.15) is 0 Å². The zero-order chi connectivity index (χ0) is 16.7. The summed E-state index contributed by atoms with van der Waals surface area (Å²) in [5, 5.41) is 8.33. The van der Waals surface area contributed by atoms with Gasteiger partial charge in [0, 0.05) is 38.3 Å². The number of ether oxygens (including phenoxy) is 1. The molecule has 126 valence electrons. The lowest BCUT2D eigenvalue weighted by molar-refractivity contribution is 0.0723. The van der Waals surface area contributed by atoms with Crippen LogP contribution >= 0.6 is 0 Å². The largest absolute Gasteiger partial charge is 0.481 e. The van der Waals surface area contributed by atoms with Crippen molar-refractivity contribution >= 4 is 5.91 Å². The van der Waals surface area contributed by atoms with Crippen LogP contribution in [0.1, 0.15) is 41.4 Å². The molecule has 1 aliphatic carbocycles. The van der Waals surface area contributed by atoms with Gasteiger partial charge in [0.15, 0.2) is 0 Å². The summed E-state index contributed by atoms with van der Waals surface area (Å²) in [6, 6.07) is 3.50. The average molecular weight is 327 g/mol. The number of carbonyl (C=O) groups excluding carboxylic acids is 1. The van der Waals surface area contributed by atoms with Gasteiger partial charge < -0.3 is 14.2 Å². The van der Waals surface area contributed by atoms with Crippen LogP contribution in [0, 0.1) is 5.41 Å². The summed E-state index contributed by atoms with van der Waals surface area (Å²) in [4.78, 5) is 19.0. The van der Waals surface area contributed by atoms with E-state index in [2.05, 4.69) is 15.2 Å². The van der Waals surface area contributed by atoms with Gasteiger partial charge >= 0.3 is 0 Å². The van der Waals surface area contributed by atoms with E-state index in [-0.39, 0.29) is 17.2 Å². The van der Waals surface area contributed by atoms with Gasteiger partial charge in [0.25, 0.3) is 5.91 Å². The van der Waals surface area contributed by atoms with Crippen molar-refractivity contribution in [2.75, 3.05) is 20.2 Å². The molecule has 4 rings (SSSR count). The Morgan fingerprint density at radius 2 is 2.21 bits per heavy atom. The Bertz CT molecular complexity index is 751. The maximum absolute atomic E-state index is 12.9. The average Bonchev–Trinajstić information content (AvgIpc) is 3.17. The van der Waals surface area contributed by atoms with Crippen LogP contribution in [0.25, 0.3) is 0 Å². The highest BCUT2D eigenvalue weighted by atomic mass is 16.5. The first-order chi connectivity index (χ1) is 11.6. The molecule has 0 bridgehead atoms. The highest BCUT2D eigenvalue weighted by molar-refractivity contribution is 5.94. The van der Waals surface area contributed by atoms with E-state index >= 15 is 0 Å². The molecule has 1 unspecified atom stereocenters. The number of nitrogens with zero attached hydrogens (tertiary/aromatic N) is 5. The molecule has 1 atom stereocenters. The fourth-order valence-corrected chi connectivity index (χ4v) is 4.03. The van der Waals surface area contributed by atoms with Gasteiger partial charge in [0.05, 0.1) is 12.7 Å². The number of carbonyl (C=O) groups is 1. The second-order valence-corrected chi connectivity index (χ2v) is 6.84. The van der Waals surface area contributed by atoms with Crippen molar-refractivity contribution < 1.29 is 9.53 Å². The Kier molecular flexibility index (Phi) is 3.51. The lowest BCUT2D eigenvalue weighted by Gasteiger charge is -2.42. The number of amides is 1. The number of likely N-dealkylation sites (tertiary alicyclic amines) is 1. The van der Waals surface area contributed by atoms with E-state index in [1.807, 2.05) is 16.5 Å². The third-order valence-corrected chi connectivity index (χ3v) is 5.53. The minimum absolute atomic E-state index is 0.0288. The van der Waals surface area contributed by atoms with Gasteiger partial charge in [-0.1, -0.05) is 6.42 Å². The zero-order valence-electron chi connectivity index (χ0n) is 14.0. The molecule has 7 nitrogen and oxygen atoms in total. The summed E-state index contributed by atoms with van der Waals surface area (Å²) in [6.45, 7) is 1.48. The minimum Gasteiger partial charge on any atom is -0.481 e. The minimum atomic E-state index is 0.0288. The zero-order valence-corrected chi connectivity index (χ0v) is 14.0. The Morgan fingerprint density at radius 1 is 1.38 bits per heavy atom. The van der Waals surface area contributed by atoms with Crippen LogP contribution in [0.4, 0.5) is 0 Å². The van der Waals surface area contributed by atoms with Gasteiger partial charge in [0.1, 0.15) is 12.2 Å². The highest BCUT2D eigenvalue weighted by Gasteiger charge is 2.53. The maximum atomic E-state index is 12.9. The third kappa shape index (κ3) is 2.26. The van der Waals surface area contributed by atoms with Crippen LogP contribution in [0.15, 0.2) is 24.7 Å². The van der Waals surface area contributed by atoms with Crippen molar-refractivity contribution in [3.05, 3.63) is 36.0 Å². The molecule has 2 fully saturated rings. The summed E-state index contributed by atoms with van der Waals surface area (Å²) in [7, 11) is 3.54. The predicted octanol–water partition coefficient (Wildman–Crippen LogP) is 1.63. The number of aryl methyl sites for hydroxylation is 1. The molecule has 2 aliphatic rings. The fraction of sp³-hybridized carbons (Fsp3) is 0.529. The lowest BCUT2D eigenvalue weighted by Crippen LogP contribution is -2.38. The predicted molar refractivity (Wildman–Crippen MR) is 86.7 cm³/mol. The Balaban J connectivity index is 1.58. The first kappa shape index (κ1) is 15.1. The SMILES string of the molecule is COc1ccc(C(=O)N2CC(c3nncn3C)C3(CCC3)C2)cn1. The van der Waals surface area contributed by atoms with E-state index in [0.717, 1.165) is 25.2 Å². The van der Waals surface area contributed by atoms with Crippen LogP contribution in [0.5, 0.6) is 5.88 Å². The molecular weight excluding hydrogens is 306 g/mol. The van der Waals surface area contributed by atoms with Crippen LogP contribution < -0.4 is 4.74 Å². The second kappa shape index (κ2) is 5.58. The number of hydrogen-bond acceptors (Lipinski definition) is 5.